The van der Waals surface area contributed by atoms with Crippen LogP contribution in [0, 0.1) is 6.92 Å². The first-order valence-electron chi connectivity index (χ1n) is 6.79. The lowest BCUT2D eigenvalue weighted by Gasteiger charge is -2.15. The third-order valence-electron chi connectivity index (χ3n) is 3.57. The Kier molecular flexibility index (Phi) is 5.01. The molecule has 0 saturated carbocycles. The van der Waals surface area contributed by atoms with Crippen LogP contribution in [0.2, 0.25) is 0 Å². The van der Waals surface area contributed by atoms with Crippen molar-refractivity contribution in [3.8, 4) is 0 Å². The number of aromatic nitrogens is 2. The van der Waals surface area contributed by atoms with Crippen LogP contribution in [0.25, 0.3) is 0 Å². The van der Waals surface area contributed by atoms with Gasteiger partial charge >= 0.3 is 0 Å². The minimum atomic E-state index is 0.718. The smallest absolute Gasteiger partial charge is 0.0522 e. The maximum absolute atomic E-state index is 4.05. The molecule has 1 saturated heterocycles. The summed E-state index contributed by atoms with van der Waals surface area (Å²) in [5.41, 5.74) is 2.57. The van der Waals surface area contributed by atoms with Gasteiger partial charge in [-0.25, -0.2) is 0 Å². The Labute approximate surface area is 104 Å². The van der Waals surface area contributed by atoms with E-state index in [0.717, 1.165) is 19.0 Å². The van der Waals surface area contributed by atoms with Gasteiger partial charge in [-0.2, -0.15) is 5.10 Å². The van der Waals surface area contributed by atoms with E-state index < -0.39 is 0 Å². The molecule has 96 valence electrons. The van der Waals surface area contributed by atoms with Crippen LogP contribution in [-0.4, -0.2) is 35.9 Å². The van der Waals surface area contributed by atoms with E-state index in [1.54, 1.807) is 0 Å². The van der Waals surface area contributed by atoms with Gasteiger partial charge in [0.15, 0.2) is 0 Å². The van der Waals surface area contributed by atoms with Gasteiger partial charge in [-0.05, 0) is 64.2 Å². The second-order valence-corrected chi connectivity index (χ2v) is 4.96. The zero-order valence-electron chi connectivity index (χ0n) is 10.8. The van der Waals surface area contributed by atoms with Gasteiger partial charge in [-0.15, -0.1) is 0 Å². The second-order valence-electron chi connectivity index (χ2n) is 4.96. The summed E-state index contributed by atoms with van der Waals surface area (Å²) < 4.78 is 0. The first-order chi connectivity index (χ1) is 8.36. The molecule has 1 atom stereocenters. The first kappa shape index (κ1) is 12.6. The molecule has 17 heavy (non-hydrogen) atoms. The Morgan fingerprint density at radius 2 is 2.35 bits per heavy atom. The van der Waals surface area contributed by atoms with Crippen LogP contribution in [0.5, 0.6) is 0 Å². The molecular weight excluding hydrogens is 212 g/mol. The molecule has 0 aromatic carbocycles. The Hall–Kier alpha value is -0.870. The summed E-state index contributed by atoms with van der Waals surface area (Å²) in [4.78, 5) is 0. The summed E-state index contributed by atoms with van der Waals surface area (Å²) >= 11 is 0. The predicted octanol–water partition coefficient (Wildman–Crippen LogP) is 1.38. The number of hydrogen-bond acceptors (Lipinski definition) is 3. The topological polar surface area (TPSA) is 52.7 Å². The molecule has 0 spiro atoms. The van der Waals surface area contributed by atoms with Gasteiger partial charge in [0, 0.05) is 11.7 Å². The fraction of sp³-hybridized carbons (Fsp3) is 0.769. The van der Waals surface area contributed by atoms with Crippen molar-refractivity contribution in [2.45, 2.75) is 45.1 Å². The lowest BCUT2D eigenvalue weighted by molar-refractivity contribution is 0.464. The van der Waals surface area contributed by atoms with E-state index in [2.05, 4.69) is 27.8 Å². The van der Waals surface area contributed by atoms with Crippen LogP contribution in [0.3, 0.4) is 0 Å². The molecule has 0 amide bonds. The number of rotatable bonds is 5. The molecule has 0 bridgehead atoms. The molecule has 1 aromatic heterocycles. The number of nitrogens with one attached hydrogen (secondary N) is 3. The number of aryl methyl sites for hydroxylation is 2. The first-order valence-corrected chi connectivity index (χ1v) is 6.79. The molecule has 1 fully saturated rings. The van der Waals surface area contributed by atoms with Gasteiger partial charge in [0.05, 0.1) is 6.20 Å². The lowest BCUT2D eigenvalue weighted by Crippen LogP contribution is -2.31. The Morgan fingerprint density at radius 3 is 3.18 bits per heavy atom. The largest absolute Gasteiger partial charge is 0.317 e. The van der Waals surface area contributed by atoms with E-state index in [1.807, 2.05) is 6.20 Å². The van der Waals surface area contributed by atoms with Crippen LogP contribution in [0.1, 0.15) is 36.9 Å². The molecule has 4 heteroatoms. The zero-order chi connectivity index (χ0) is 11.9. The number of H-pyrrole nitrogens is 1. The SMILES string of the molecule is Cc1[nH]ncc1CCCNC1CCCNCC1. The molecule has 2 rings (SSSR count). The fourth-order valence-corrected chi connectivity index (χ4v) is 2.44. The minimum absolute atomic E-state index is 0.718. The minimum Gasteiger partial charge on any atom is -0.317 e. The molecule has 1 aliphatic heterocycles. The molecule has 1 aliphatic rings. The highest BCUT2D eigenvalue weighted by Gasteiger charge is 2.10. The van der Waals surface area contributed by atoms with Crippen LogP contribution in [0.4, 0.5) is 0 Å². The summed E-state index contributed by atoms with van der Waals surface area (Å²) in [7, 11) is 0. The summed E-state index contributed by atoms with van der Waals surface area (Å²) in [6.45, 7) is 5.56. The molecule has 2 heterocycles. The Morgan fingerprint density at radius 1 is 1.41 bits per heavy atom. The standard InChI is InChI=1S/C13H24N4/c1-11-12(10-16-17-11)4-2-8-15-13-5-3-7-14-9-6-13/h10,13-15H,2-9H2,1H3,(H,16,17). The quantitative estimate of drug-likeness (QED) is 0.677. The summed E-state index contributed by atoms with van der Waals surface area (Å²) in [6, 6.07) is 0.718. The zero-order valence-corrected chi connectivity index (χ0v) is 10.8. The highest BCUT2D eigenvalue weighted by atomic mass is 15.1. The summed E-state index contributed by atoms with van der Waals surface area (Å²) in [5, 5.41) is 14.2. The van der Waals surface area contributed by atoms with Crippen molar-refractivity contribution in [3.05, 3.63) is 17.5 Å². The number of hydrogen-bond donors (Lipinski definition) is 3. The highest BCUT2D eigenvalue weighted by molar-refractivity contribution is 5.14. The van der Waals surface area contributed by atoms with Crippen molar-refractivity contribution < 1.29 is 0 Å². The summed E-state index contributed by atoms with van der Waals surface area (Å²) in [5.74, 6) is 0. The lowest BCUT2D eigenvalue weighted by atomic mass is 10.1. The van der Waals surface area contributed by atoms with E-state index >= 15 is 0 Å². The van der Waals surface area contributed by atoms with E-state index in [0.29, 0.717) is 0 Å². The van der Waals surface area contributed by atoms with Crippen molar-refractivity contribution in [1.29, 1.82) is 0 Å². The molecular formula is C13H24N4. The molecule has 1 unspecified atom stereocenters. The number of nitrogens with zero attached hydrogens (tertiary/aromatic N) is 1. The van der Waals surface area contributed by atoms with Gasteiger partial charge in [0.1, 0.15) is 0 Å². The van der Waals surface area contributed by atoms with Crippen LogP contribution >= 0.6 is 0 Å². The molecule has 4 nitrogen and oxygen atoms in total. The maximum atomic E-state index is 4.05. The van der Waals surface area contributed by atoms with Gasteiger partial charge in [-0.1, -0.05) is 0 Å². The highest BCUT2D eigenvalue weighted by Crippen LogP contribution is 2.07. The average Bonchev–Trinajstić information content (AvgIpc) is 2.60. The second kappa shape index (κ2) is 6.77. The van der Waals surface area contributed by atoms with E-state index in [4.69, 9.17) is 0 Å². The Balaban J connectivity index is 1.61. The van der Waals surface area contributed by atoms with Gasteiger partial charge < -0.3 is 10.6 Å². The number of aromatic amines is 1. The van der Waals surface area contributed by atoms with Crippen molar-refractivity contribution in [2.75, 3.05) is 19.6 Å². The third kappa shape index (κ3) is 4.13. The van der Waals surface area contributed by atoms with Crippen molar-refractivity contribution in [3.63, 3.8) is 0 Å². The van der Waals surface area contributed by atoms with Gasteiger partial charge in [-0.3, -0.25) is 5.10 Å². The van der Waals surface area contributed by atoms with Crippen molar-refractivity contribution in [1.82, 2.24) is 20.8 Å². The monoisotopic (exact) mass is 236 g/mol. The van der Waals surface area contributed by atoms with Gasteiger partial charge in [0.25, 0.3) is 0 Å². The van der Waals surface area contributed by atoms with Crippen LogP contribution < -0.4 is 10.6 Å². The van der Waals surface area contributed by atoms with Gasteiger partial charge in [0.2, 0.25) is 0 Å². The molecule has 1 aromatic rings. The normalized spacial score (nSPS) is 21.4. The molecule has 0 aliphatic carbocycles. The van der Waals surface area contributed by atoms with Crippen LogP contribution in [0.15, 0.2) is 6.20 Å². The molecule has 0 radical (unpaired) electrons. The van der Waals surface area contributed by atoms with Crippen LogP contribution in [-0.2, 0) is 6.42 Å². The van der Waals surface area contributed by atoms with E-state index in [1.165, 1.54) is 50.0 Å². The average molecular weight is 236 g/mol. The van der Waals surface area contributed by atoms with Crippen molar-refractivity contribution >= 4 is 0 Å². The Bertz CT molecular complexity index is 313. The molecule has 3 N–H and O–H groups in total. The van der Waals surface area contributed by atoms with E-state index in [-0.39, 0.29) is 0 Å². The summed E-state index contributed by atoms with van der Waals surface area (Å²) in [6.07, 6.45) is 8.16. The fourth-order valence-electron chi connectivity index (χ4n) is 2.44. The van der Waals surface area contributed by atoms with E-state index in [9.17, 15) is 0 Å². The maximum Gasteiger partial charge on any atom is 0.0522 e. The van der Waals surface area contributed by atoms with Crippen molar-refractivity contribution in [2.24, 2.45) is 0 Å². The predicted molar refractivity (Wildman–Crippen MR) is 70.2 cm³/mol. The third-order valence-corrected chi connectivity index (χ3v) is 3.57.